The summed E-state index contributed by atoms with van der Waals surface area (Å²) in [5.74, 6) is -0.361. The third-order valence-corrected chi connectivity index (χ3v) is 2.59. The average molecular weight is 274 g/mol. The molecule has 0 spiro atoms. The molecule has 1 aliphatic carbocycles. The van der Waals surface area contributed by atoms with Gasteiger partial charge in [0.25, 0.3) is 0 Å². The highest BCUT2D eigenvalue weighted by Crippen LogP contribution is 2.30. The Morgan fingerprint density at radius 3 is 2.53 bits per heavy atom. The highest BCUT2D eigenvalue weighted by molar-refractivity contribution is 6.33. The number of hydrogen-bond acceptors (Lipinski definition) is 4. The number of nitrogens with zero attached hydrogens (tertiary/aromatic N) is 2. The second-order valence-electron chi connectivity index (χ2n) is 3.66. The van der Waals surface area contributed by atoms with Crippen molar-refractivity contribution in [2.75, 3.05) is 0 Å². The predicted octanol–water partition coefficient (Wildman–Crippen LogP) is 1.96. The first-order chi connectivity index (χ1) is 8.06. The predicted molar refractivity (Wildman–Crippen MR) is 63.8 cm³/mol. The lowest BCUT2D eigenvalue weighted by molar-refractivity contribution is -0.145. The van der Waals surface area contributed by atoms with Gasteiger partial charge < -0.3 is 10.6 Å². The summed E-state index contributed by atoms with van der Waals surface area (Å²) in [6.45, 7) is 0. The first kappa shape index (κ1) is 12.1. The minimum absolute atomic E-state index is 0.0313. The van der Waals surface area contributed by atoms with Crippen molar-refractivity contribution in [3.8, 4) is 0 Å². The molecule has 5 nitrogen and oxygen atoms in total. The molecule has 7 heteroatoms. The van der Waals surface area contributed by atoms with E-state index in [1.54, 1.807) is 0 Å². The molecule has 0 atom stereocenters. The molecule has 2 rings (SSSR count). The lowest BCUT2D eigenvalue weighted by Crippen LogP contribution is -2.16. The van der Waals surface area contributed by atoms with Gasteiger partial charge in [-0.1, -0.05) is 28.4 Å². The van der Waals surface area contributed by atoms with Crippen LogP contribution in [0.5, 0.6) is 0 Å². The number of amidine groups is 1. The summed E-state index contributed by atoms with van der Waals surface area (Å²) in [5, 5.41) is 3.92. The molecule has 1 aliphatic rings. The van der Waals surface area contributed by atoms with Gasteiger partial charge in [-0.2, -0.15) is 0 Å². The van der Waals surface area contributed by atoms with Gasteiger partial charge in [-0.15, -0.1) is 0 Å². The van der Waals surface area contributed by atoms with E-state index >= 15 is 0 Å². The maximum atomic E-state index is 11.2. The SMILES string of the molecule is N/C(=N\OC(=O)C1CC1)c1cc(Cl)nc(Cl)c1. The molecule has 0 aromatic carbocycles. The van der Waals surface area contributed by atoms with Crippen LogP contribution in [0.1, 0.15) is 18.4 Å². The van der Waals surface area contributed by atoms with E-state index in [0.29, 0.717) is 5.56 Å². The molecule has 0 unspecified atom stereocenters. The van der Waals surface area contributed by atoms with E-state index < -0.39 is 0 Å². The van der Waals surface area contributed by atoms with Gasteiger partial charge in [-0.25, -0.2) is 9.78 Å². The summed E-state index contributed by atoms with van der Waals surface area (Å²) in [5.41, 5.74) is 6.09. The van der Waals surface area contributed by atoms with E-state index in [2.05, 4.69) is 15.0 Å². The Kier molecular flexibility index (Phi) is 3.49. The molecule has 0 aliphatic heterocycles. The molecule has 17 heavy (non-hydrogen) atoms. The smallest absolute Gasteiger partial charge is 0.338 e. The molecule has 2 N–H and O–H groups in total. The fourth-order valence-corrected chi connectivity index (χ4v) is 1.61. The van der Waals surface area contributed by atoms with Crippen molar-refractivity contribution in [2.24, 2.45) is 16.8 Å². The van der Waals surface area contributed by atoms with Crippen LogP contribution in [0.15, 0.2) is 17.3 Å². The topological polar surface area (TPSA) is 77.6 Å². The van der Waals surface area contributed by atoms with Crippen LogP contribution in [0.4, 0.5) is 0 Å². The summed E-state index contributed by atoms with van der Waals surface area (Å²) in [6.07, 6.45) is 1.70. The number of hydrogen-bond donors (Lipinski definition) is 1. The van der Waals surface area contributed by atoms with Crippen molar-refractivity contribution in [2.45, 2.75) is 12.8 Å². The summed E-state index contributed by atoms with van der Waals surface area (Å²) in [4.78, 5) is 19.7. The van der Waals surface area contributed by atoms with Crippen molar-refractivity contribution in [3.05, 3.63) is 28.0 Å². The van der Waals surface area contributed by atoms with Gasteiger partial charge in [0.2, 0.25) is 0 Å². The summed E-state index contributed by atoms with van der Waals surface area (Å²) < 4.78 is 0. The number of halogens is 2. The van der Waals surface area contributed by atoms with E-state index in [1.165, 1.54) is 12.1 Å². The maximum Gasteiger partial charge on any atom is 0.338 e. The first-order valence-corrected chi connectivity index (χ1v) is 5.69. The van der Waals surface area contributed by atoms with Crippen LogP contribution in [-0.2, 0) is 9.63 Å². The highest BCUT2D eigenvalue weighted by atomic mass is 35.5. The Morgan fingerprint density at radius 1 is 1.41 bits per heavy atom. The van der Waals surface area contributed by atoms with Crippen molar-refractivity contribution < 1.29 is 9.63 Å². The van der Waals surface area contributed by atoms with E-state index in [4.69, 9.17) is 28.9 Å². The van der Waals surface area contributed by atoms with Crippen molar-refractivity contribution in [1.29, 1.82) is 0 Å². The molecule has 0 radical (unpaired) electrons. The lowest BCUT2D eigenvalue weighted by atomic mass is 10.2. The summed E-state index contributed by atoms with van der Waals surface area (Å²) in [6, 6.07) is 2.97. The third kappa shape index (κ3) is 3.31. The second kappa shape index (κ2) is 4.89. The minimum Gasteiger partial charge on any atom is -0.380 e. The molecule has 1 aromatic rings. The largest absolute Gasteiger partial charge is 0.380 e. The molecular weight excluding hydrogens is 265 g/mol. The molecule has 1 saturated carbocycles. The van der Waals surface area contributed by atoms with Crippen LogP contribution < -0.4 is 5.73 Å². The number of carbonyl (C=O) groups is 1. The fourth-order valence-electron chi connectivity index (χ4n) is 1.15. The number of rotatable bonds is 3. The van der Waals surface area contributed by atoms with Crippen LogP contribution in [-0.4, -0.2) is 16.8 Å². The standard InChI is InChI=1S/C10H9Cl2N3O2/c11-7-3-6(4-8(12)14-7)9(13)15-17-10(16)5-1-2-5/h3-5H,1-2H2,(H2,13,15). The Morgan fingerprint density at radius 2 is 2.00 bits per heavy atom. The number of oxime groups is 1. The van der Waals surface area contributed by atoms with Gasteiger partial charge in [0.05, 0.1) is 5.92 Å². The Hall–Kier alpha value is -1.33. The van der Waals surface area contributed by atoms with Crippen LogP contribution in [0.3, 0.4) is 0 Å². The van der Waals surface area contributed by atoms with Crippen LogP contribution in [0, 0.1) is 5.92 Å². The monoisotopic (exact) mass is 273 g/mol. The van der Waals surface area contributed by atoms with Gasteiger partial charge >= 0.3 is 5.97 Å². The van der Waals surface area contributed by atoms with Gasteiger partial charge in [0, 0.05) is 5.56 Å². The third-order valence-electron chi connectivity index (χ3n) is 2.20. The Balaban J connectivity index is 2.09. The first-order valence-electron chi connectivity index (χ1n) is 4.94. The number of carbonyl (C=O) groups excluding carboxylic acids is 1. The van der Waals surface area contributed by atoms with E-state index in [9.17, 15) is 4.79 Å². The molecule has 1 heterocycles. The molecule has 0 amide bonds. The van der Waals surface area contributed by atoms with E-state index in [0.717, 1.165) is 12.8 Å². The zero-order valence-corrected chi connectivity index (χ0v) is 10.2. The molecular formula is C10H9Cl2N3O2. The van der Waals surface area contributed by atoms with Crippen molar-refractivity contribution in [1.82, 2.24) is 4.98 Å². The summed E-state index contributed by atoms with van der Waals surface area (Å²) >= 11 is 11.4. The van der Waals surface area contributed by atoms with Crippen molar-refractivity contribution >= 4 is 35.0 Å². The molecule has 1 aromatic heterocycles. The quantitative estimate of drug-likeness (QED) is 0.300. The second-order valence-corrected chi connectivity index (χ2v) is 4.44. The summed E-state index contributed by atoms with van der Waals surface area (Å²) in [7, 11) is 0. The zero-order valence-electron chi connectivity index (χ0n) is 8.69. The molecule has 90 valence electrons. The normalized spacial score (nSPS) is 15.8. The molecule has 1 fully saturated rings. The molecule has 0 bridgehead atoms. The highest BCUT2D eigenvalue weighted by Gasteiger charge is 2.31. The number of nitrogens with two attached hydrogens (primary N) is 1. The van der Waals surface area contributed by atoms with Crippen molar-refractivity contribution in [3.63, 3.8) is 0 Å². The van der Waals surface area contributed by atoms with Crippen LogP contribution in [0.2, 0.25) is 10.3 Å². The van der Waals surface area contributed by atoms with Gasteiger partial charge in [0.15, 0.2) is 5.84 Å². The van der Waals surface area contributed by atoms with Crippen LogP contribution in [0.25, 0.3) is 0 Å². The maximum absolute atomic E-state index is 11.2. The molecule has 0 saturated heterocycles. The number of pyridine rings is 1. The number of aromatic nitrogens is 1. The van der Waals surface area contributed by atoms with Gasteiger partial charge in [-0.3, -0.25) is 0 Å². The Labute approximate surface area is 108 Å². The average Bonchev–Trinajstić information content (AvgIpc) is 3.07. The zero-order chi connectivity index (χ0) is 12.4. The van der Waals surface area contributed by atoms with E-state index in [1.807, 2.05) is 0 Å². The Bertz CT molecular complexity index is 466. The fraction of sp³-hybridized carbons (Fsp3) is 0.300. The van der Waals surface area contributed by atoms with Crippen LogP contribution >= 0.6 is 23.2 Å². The van der Waals surface area contributed by atoms with Gasteiger partial charge in [-0.05, 0) is 25.0 Å². The lowest BCUT2D eigenvalue weighted by Gasteiger charge is -2.01. The van der Waals surface area contributed by atoms with Gasteiger partial charge in [0.1, 0.15) is 10.3 Å². The van der Waals surface area contributed by atoms with E-state index in [-0.39, 0.29) is 28.0 Å². The minimum atomic E-state index is -0.362.